The summed E-state index contributed by atoms with van der Waals surface area (Å²) in [6, 6.07) is 13.8. The zero-order chi connectivity index (χ0) is 55.4. The molecule has 3 aliphatic carbocycles. The van der Waals surface area contributed by atoms with Crippen molar-refractivity contribution in [1.29, 1.82) is 0 Å². The zero-order valence-corrected chi connectivity index (χ0v) is 47.4. The van der Waals surface area contributed by atoms with Crippen molar-refractivity contribution >= 4 is 69.8 Å². The molecule has 11 rings (SSSR count). The van der Waals surface area contributed by atoms with E-state index in [1.54, 1.807) is 32.5 Å². The summed E-state index contributed by atoms with van der Waals surface area (Å²) in [6.07, 6.45) is 10.1. The van der Waals surface area contributed by atoms with Gasteiger partial charge in [-0.3, -0.25) is 24.2 Å². The first-order chi connectivity index (χ1) is 37.8. The van der Waals surface area contributed by atoms with E-state index in [1.165, 1.54) is 33.6 Å². The van der Waals surface area contributed by atoms with Gasteiger partial charge >= 0.3 is 0 Å². The second-order valence-electron chi connectivity index (χ2n) is 23.6. The lowest BCUT2D eigenvalue weighted by Crippen LogP contribution is -2.59. The average molecular weight is 1130 g/mol. The normalized spacial score (nSPS) is 23.6. The van der Waals surface area contributed by atoms with Crippen LogP contribution in [0.2, 0.25) is 5.02 Å². The Labute approximate surface area is 473 Å². The van der Waals surface area contributed by atoms with E-state index in [9.17, 15) is 28.7 Å². The number of nitrogens with two attached hydrogens (primary N) is 1. The first kappa shape index (κ1) is 55.0. The molecule has 79 heavy (non-hydrogen) atoms. The third kappa shape index (κ3) is 11.5. The number of amides is 4. The van der Waals surface area contributed by atoms with Gasteiger partial charge < -0.3 is 46.2 Å². The summed E-state index contributed by atoms with van der Waals surface area (Å²) in [5.74, 6) is -0.377. The molecule has 21 heteroatoms. The number of piperidine rings is 1. The topological polar surface area (TPSA) is 221 Å². The monoisotopic (exact) mass is 1130 g/mol. The number of aromatic nitrogens is 4. The van der Waals surface area contributed by atoms with Gasteiger partial charge in [0, 0.05) is 80.0 Å². The molecule has 0 radical (unpaired) electrons. The molecule has 4 amide bonds. The Morgan fingerprint density at radius 1 is 0.975 bits per heavy atom. The van der Waals surface area contributed by atoms with E-state index in [1.807, 2.05) is 66.7 Å². The first-order valence-corrected chi connectivity index (χ1v) is 29.7. The van der Waals surface area contributed by atoms with Crippen molar-refractivity contribution in [3.63, 3.8) is 0 Å². The molecule has 0 unspecified atom stereocenters. The molecule has 2 aromatic carbocycles. The van der Waals surface area contributed by atoms with Gasteiger partial charge in [0.1, 0.15) is 28.7 Å². The highest BCUT2D eigenvalue weighted by atomic mass is 35.5. The molecule has 3 saturated heterocycles. The molecule has 5 fully saturated rings. The van der Waals surface area contributed by atoms with Crippen LogP contribution >= 0.6 is 34.7 Å². The number of aliphatic hydroxyl groups is 1. The maximum Gasteiger partial charge on any atom is 0.258 e. The van der Waals surface area contributed by atoms with Crippen LogP contribution in [-0.2, 0) is 32.1 Å². The van der Waals surface area contributed by atoms with Gasteiger partial charge in [0.15, 0.2) is 5.67 Å². The molecule has 3 aromatic heterocycles. The zero-order valence-electron chi connectivity index (χ0n) is 45.1. The van der Waals surface area contributed by atoms with Crippen LogP contribution in [0.5, 0.6) is 5.75 Å². The Morgan fingerprint density at radius 3 is 2.43 bits per heavy atom. The van der Waals surface area contributed by atoms with Crippen molar-refractivity contribution in [3.05, 3.63) is 100 Å². The number of pyridine rings is 1. The van der Waals surface area contributed by atoms with E-state index in [2.05, 4.69) is 36.9 Å². The molecule has 6 N–H and O–H groups in total. The third-order valence-electron chi connectivity index (χ3n) is 17.1. The summed E-state index contributed by atoms with van der Waals surface area (Å²) in [7, 11) is 0. The number of benzene rings is 2. The molecule has 17 nitrogen and oxygen atoms in total. The summed E-state index contributed by atoms with van der Waals surface area (Å²) in [4.78, 5) is 80.7. The molecule has 1 spiro atoms. The molecule has 6 heterocycles. The Kier molecular flexibility index (Phi) is 15.5. The molecular weight excluding hydrogens is 1070 g/mol. The number of aliphatic hydroxyl groups excluding tert-OH is 1. The van der Waals surface area contributed by atoms with E-state index < -0.39 is 47.0 Å². The minimum atomic E-state index is -1.98. The van der Waals surface area contributed by atoms with Crippen molar-refractivity contribution < 1.29 is 33.4 Å². The summed E-state index contributed by atoms with van der Waals surface area (Å²) in [6.45, 7) is 10.1. The Balaban J connectivity index is 0.660. The number of thiazole rings is 1. The fourth-order valence-electron chi connectivity index (χ4n) is 12.0. The van der Waals surface area contributed by atoms with Crippen molar-refractivity contribution in [2.45, 2.75) is 150 Å². The van der Waals surface area contributed by atoms with Crippen molar-refractivity contribution in [2.24, 2.45) is 22.5 Å². The predicted molar refractivity (Wildman–Crippen MR) is 301 cm³/mol. The maximum absolute atomic E-state index is 14.7. The molecule has 0 bridgehead atoms. The number of hydrogen-bond acceptors (Lipinski definition) is 15. The summed E-state index contributed by atoms with van der Waals surface area (Å²) in [5.41, 5.74) is 11.5. The van der Waals surface area contributed by atoms with Crippen molar-refractivity contribution in [1.82, 2.24) is 40.4 Å². The number of carbonyl (C=O) groups is 4. The fraction of sp³-hybridized carbons (Fsp3) is 0.517. The van der Waals surface area contributed by atoms with Gasteiger partial charge in [0.05, 0.1) is 57.4 Å². The number of halogens is 2. The quantitative estimate of drug-likeness (QED) is 0.0675. The highest BCUT2D eigenvalue weighted by Gasteiger charge is 2.54. The van der Waals surface area contributed by atoms with E-state index >= 15 is 0 Å². The number of likely N-dealkylation sites (tertiary alicyclic amines) is 2. The van der Waals surface area contributed by atoms with Crippen LogP contribution in [0.1, 0.15) is 107 Å². The first-order valence-electron chi connectivity index (χ1n) is 27.6. The van der Waals surface area contributed by atoms with Crippen molar-refractivity contribution in [2.75, 3.05) is 42.9 Å². The second kappa shape index (κ2) is 22.2. The lowest BCUT2D eigenvalue weighted by Gasteiger charge is -2.43. The standard InChI is InChI=1S/C58H69ClFN11O6S2/c1-33-49(78-32-66-33)35-10-11-36(26-65-52(73)43-24-38(72)31-71(43)54(75)51(56(2,3)4)68-55(76)58(60)16-17-58)44(23-35)77-39-14-12-34(13-15-39)53(74)70-29-37(30-70)67-41-8-5-9-45(48(41)59)79-47-28-63-46(27-64-47)69-21-18-57(19-22-69)25-42-40(50(57)61)7-6-20-62-42/h5-11,20,23,27-28,32,34,37-39,43,50-51,67,72H,12-19,21-22,24-26,29-31,61H2,1-4H3,(H,65,73)(H,68,76)/t34?,38-,39?,43+,50-,51-/m1/s1. The SMILES string of the molecule is Cc1ncsc1-c1ccc(CNC(=O)[C@@H]2C[C@@H](O)CN2C(=O)[C@@H](NC(=O)C2(F)CC2)C(C)(C)C)c(OC2CCC(C(=O)N3CC(Nc4cccc(Sc5cnc(N6CCC7(CC6)Cc6ncccc6[C@H]7N)cn5)c4Cl)C3)CC2)c1. The van der Waals surface area contributed by atoms with Crippen LogP contribution < -0.4 is 31.3 Å². The van der Waals surface area contributed by atoms with E-state index in [4.69, 9.17) is 32.0 Å². The van der Waals surface area contributed by atoms with Gasteiger partial charge in [0.2, 0.25) is 17.7 Å². The number of hydrogen-bond donors (Lipinski definition) is 5. The smallest absolute Gasteiger partial charge is 0.258 e. The van der Waals surface area contributed by atoms with E-state index in [-0.39, 0.29) is 67.8 Å². The Bertz CT molecular complexity index is 3100. The largest absolute Gasteiger partial charge is 0.490 e. The average Bonchev–Trinajstić information content (AvgIpc) is 3.87. The van der Waals surface area contributed by atoms with Crippen LogP contribution in [0, 0.1) is 23.7 Å². The molecular formula is C58H69ClFN11O6S2. The Morgan fingerprint density at radius 2 is 1.75 bits per heavy atom. The number of β-amino-alcohol motifs (C(OH)–C–C–N with tert-alkyl or cyclic N) is 1. The number of alkyl halides is 1. The van der Waals surface area contributed by atoms with Gasteiger partial charge in [0.25, 0.3) is 5.91 Å². The number of nitrogens with one attached hydrogen (secondary N) is 3. The molecule has 5 aromatic rings. The molecule has 3 aliphatic heterocycles. The number of fused-ring (bicyclic) bond motifs is 1. The number of carbonyl (C=O) groups excluding carboxylic acids is 4. The van der Waals surface area contributed by atoms with Crippen LogP contribution in [0.3, 0.4) is 0 Å². The lowest BCUT2D eigenvalue weighted by molar-refractivity contribution is -0.145. The van der Waals surface area contributed by atoms with Gasteiger partial charge in [-0.25, -0.2) is 19.3 Å². The van der Waals surface area contributed by atoms with Gasteiger partial charge in [-0.2, -0.15) is 0 Å². The summed E-state index contributed by atoms with van der Waals surface area (Å²) in [5, 5.41) is 21.2. The van der Waals surface area contributed by atoms with Crippen LogP contribution in [0.15, 0.2) is 82.6 Å². The summed E-state index contributed by atoms with van der Waals surface area (Å²) >= 11 is 9.99. The number of anilines is 2. The predicted octanol–water partition coefficient (Wildman–Crippen LogP) is 7.82. The van der Waals surface area contributed by atoms with Gasteiger partial charge in [-0.05, 0) is 111 Å². The lowest BCUT2D eigenvalue weighted by atomic mass is 9.73. The summed E-state index contributed by atoms with van der Waals surface area (Å²) < 4.78 is 21.5. The molecule has 6 aliphatic rings. The minimum Gasteiger partial charge on any atom is -0.490 e. The van der Waals surface area contributed by atoms with Crippen LogP contribution in [0.4, 0.5) is 15.9 Å². The van der Waals surface area contributed by atoms with Crippen molar-refractivity contribution in [3.8, 4) is 16.2 Å². The third-order valence-corrected chi connectivity index (χ3v) is 19.5. The number of nitrogens with zero attached hydrogens (tertiary/aromatic N) is 7. The van der Waals surface area contributed by atoms with E-state index in [0.29, 0.717) is 49.5 Å². The molecule has 4 atom stereocenters. The van der Waals surface area contributed by atoms with Crippen LogP contribution in [-0.4, -0.2) is 127 Å². The van der Waals surface area contributed by atoms with Gasteiger partial charge in [-0.15, -0.1) is 11.3 Å². The maximum atomic E-state index is 14.7. The van der Waals surface area contributed by atoms with Crippen LogP contribution in [0.25, 0.3) is 10.4 Å². The van der Waals surface area contributed by atoms with Gasteiger partial charge in [-0.1, -0.05) is 68.4 Å². The minimum absolute atomic E-state index is 0.00444. The number of ether oxygens (including phenoxy) is 1. The Hall–Kier alpha value is -5.93. The van der Waals surface area contributed by atoms with E-state index in [0.717, 1.165) is 81.2 Å². The highest BCUT2D eigenvalue weighted by molar-refractivity contribution is 7.99. The second-order valence-corrected chi connectivity index (χ2v) is 25.9. The molecule has 2 saturated carbocycles. The highest BCUT2D eigenvalue weighted by Crippen LogP contribution is 2.50. The molecule has 418 valence electrons. The number of rotatable bonds is 15. The fourth-order valence-corrected chi connectivity index (χ4v) is 13.9. The number of aryl methyl sites for hydroxylation is 1.